The van der Waals surface area contributed by atoms with Gasteiger partial charge in [-0.3, -0.25) is 9.10 Å². The number of nitrogens with zero attached hydrogens (tertiary/aromatic N) is 1. The van der Waals surface area contributed by atoms with Gasteiger partial charge in [0.05, 0.1) is 22.2 Å². The van der Waals surface area contributed by atoms with Crippen LogP contribution in [0.5, 0.6) is 5.75 Å². The second-order valence-electron chi connectivity index (χ2n) is 6.62. The van der Waals surface area contributed by atoms with E-state index in [9.17, 15) is 26.4 Å². The molecule has 176 valence electrons. The molecule has 0 saturated carbocycles. The number of sulfonamides is 1. The SMILES string of the molecule is CCOc1ccc(NC(=O)CN(c2cccc(C(F)(F)F)c2)S(=O)(=O)c2ccc(Cl)s2)cc1. The lowest BCUT2D eigenvalue weighted by atomic mass is 10.2. The number of benzene rings is 2. The summed E-state index contributed by atoms with van der Waals surface area (Å²) in [5.74, 6) is -0.166. The van der Waals surface area contributed by atoms with Gasteiger partial charge in [-0.25, -0.2) is 8.42 Å². The van der Waals surface area contributed by atoms with Crippen molar-refractivity contribution in [2.75, 3.05) is 22.8 Å². The van der Waals surface area contributed by atoms with E-state index in [0.717, 1.165) is 23.5 Å². The number of anilines is 2. The second-order valence-corrected chi connectivity index (χ2v) is 10.4. The minimum Gasteiger partial charge on any atom is -0.494 e. The highest BCUT2D eigenvalue weighted by molar-refractivity contribution is 7.94. The van der Waals surface area contributed by atoms with Crippen LogP contribution in [0.25, 0.3) is 0 Å². The first-order valence-electron chi connectivity index (χ1n) is 9.49. The molecule has 12 heteroatoms. The van der Waals surface area contributed by atoms with E-state index < -0.39 is 34.2 Å². The fraction of sp³-hybridized carbons (Fsp3) is 0.190. The summed E-state index contributed by atoms with van der Waals surface area (Å²) in [6.45, 7) is 1.52. The summed E-state index contributed by atoms with van der Waals surface area (Å²) in [7, 11) is -4.38. The third kappa shape index (κ3) is 6.18. The molecule has 0 atom stereocenters. The number of hydrogen-bond donors (Lipinski definition) is 1. The standard InChI is InChI=1S/C21H18ClF3N2O4S2/c1-2-31-17-8-6-15(7-9-17)26-19(28)13-27(33(29,30)20-11-10-18(22)32-20)16-5-3-4-14(12-16)21(23,24)25/h3-12H,2,13H2,1H3,(H,26,28). The lowest BCUT2D eigenvalue weighted by Crippen LogP contribution is -2.38. The van der Waals surface area contributed by atoms with Gasteiger partial charge in [0.2, 0.25) is 5.91 Å². The van der Waals surface area contributed by atoms with Crippen LogP contribution in [0.1, 0.15) is 12.5 Å². The Bertz CT molecular complexity index is 1230. The number of nitrogens with one attached hydrogen (secondary N) is 1. The largest absolute Gasteiger partial charge is 0.494 e. The fourth-order valence-electron chi connectivity index (χ4n) is 2.83. The first-order chi connectivity index (χ1) is 15.5. The number of thiophene rings is 1. The molecule has 0 spiro atoms. The van der Waals surface area contributed by atoms with Crippen molar-refractivity contribution in [3.8, 4) is 5.75 Å². The van der Waals surface area contributed by atoms with Gasteiger partial charge in [-0.1, -0.05) is 17.7 Å². The van der Waals surface area contributed by atoms with Crippen molar-refractivity contribution in [3.63, 3.8) is 0 Å². The molecule has 3 rings (SSSR count). The zero-order valence-corrected chi connectivity index (χ0v) is 19.5. The third-order valence-electron chi connectivity index (χ3n) is 4.29. The molecule has 0 unspecified atom stereocenters. The van der Waals surface area contributed by atoms with Crippen molar-refractivity contribution < 1.29 is 31.1 Å². The number of amides is 1. The van der Waals surface area contributed by atoms with Crippen LogP contribution in [0.2, 0.25) is 4.34 Å². The minimum absolute atomic E-state index is 0.177. The second kappa shape index (κ2) is 10.0. The molecule has 6 nitrogen and oxygen atoms in total. The van der Waals surface area contributed by atoms with Crippen LogP contribution in [-0.2, 0) is 21.0 Å². The maximum absolute atomic E-state index is 13.2. The summed E-state index contributed by atoms with van der Waals surface area (Å²) in [4.78, 5) is 12.7. The van der Waals surface area contributed by atoms with Gasteiger partial charge in [-0.2, -0.15) is 13.2 Å². The molecule has 0 aliphatic carbocycles. The Morgan fingerprint density at radius 3 is 2.39 bits per heavy atom. The van der Waals surface area contributed by atoms with Gasteiger partial charge in [-0.05, 0) is 61.5 Å². The summed E-state index contributed by atoms with van der Waals surface area (Å²) in [5, 5.41) is 2.54. The monoisotopic (exact) mass is 518 g/mol. The van der Waals surface area contributed by atoms with E-state index in [1.54, 1.807) is 24.3 Å². The van der Waals surface area contributed by atoms with Crippen LogP contribution < -0.4 is 14.4 Å². The molecule has 1 amide bonds. The quantitative estimate of drug-likeness (QED) is 0.418. The van der Waals surface area contributed by atoms with Crippen molar-refractivity contribution in [1.29, 1.82) is 0 Å². The Balaban J connectivity index is 1.93. The van der Waals surface area contributed by atoms with Crippen molar-refractivity contribution in [3.05, 3.63) is 70.6 Å². The van der Waals surface area contributed by atoms with Crippen molar-refractivity contribution in [1.82, 2.24) is 0 Å². The Morgan fingerprint density at radius 1 is 1.12 bits per heavy atom. The van der Waals surface area contributed by atoms with Gasteiger partial charge in [0, 0.05) is 5.69 Å². The number of alkyl halides is 3. The average Bonchev–Trinajstić information content (AvgIpc) is 3.20. The van der Waals surface area contributed by atoms with Crippen molar-refractivity contribution in [2.45, 2.75) is 17.3 Å². The maximum Gasteiger partial charge on any atom is 0.416 e. The normalized spacial score (nSPS) is 11.8. The molecule has 0 bridgehead atoms. The van der Waals surface area contributed by atoms with E-state index >= 15 is 0 Å². The maximum atomic E-state index is 13.2. The van der Waals surface area contributed by atoms with Gasteiger partial charge in [-0.15, -0.1) is 11.3 Å². The Morgan fingerprint density at radius 2 is 1.82 bits per heavy atom. The van der Waals surface area contributed by atoms with Crippen LogP contribution in [0.4, 0.5) is 24.5 Å². The van der Waals surface area contributed by atoms with Gasteiger partial charge >= 0.3 is 6.18 Å². The number of ether oxygens (including phenoxy) is 1. The zero-order valence-electron chi connectivity index (χ0n) is 17.1. The summed E-state index contributed by atoms with van der Waals surface area (Å²) < 4.78 is 72.0. The summed E-state index contributed by atoms with van der Waals surface area (Å²) in [6.07, 6.45) is -4.69. The number of halogens is 4. The number of rotatable bonds is 8. The molecule has 1 N–H and O–H groups in total. The Labute approximate surface area is 197 Å². The van der Waals surface area contributed by atoms with E-state index in [4.69, 9.17) is 16.3 Å². The topological polar surface area (TPSA) is 75.7 Å². The predicted octanol–water partition coefficient (Wildman–Crippen LogP) is 5.65. The van der Waals surface area contributed by atoms with E-state index in [2.05, 4.69) is 5.32 Å². The highest BCUT2D eigenvalue weighted by Gasteiger charge is 2.33. The van der Waals surface area contributed by atoms with Gasteiger partial charge in [0.1, 0.15) is 16.5 Å². The molecular weight excluding hydrogens is 501 g/mol. The molecule has 0 fully saturated rings. The fourth-order valence-corrected chi connectivity index (χ4v) is 5.84. The molecular formula is C21H18ClF3N2O4S2. The summed E-state index contributed by atoms with van der Waals surface area (Å²) in [6, 6.07) is 12.7. The van der Waals surface area contributed by atoms with E-state index in [0.29, 0.717) is 28.4 Å². The van der Waals surface area contributed by atoms with Crippen molar-refractivity contribution >= 4 is 50.2 Å². The van der Waals surface area contributed by atoms with E-state index in [1.165, 1.54) is 18.2 Å². The molecule has 0 aliphatic rings. The first kappa shape index (κ1) is 24.9. The molecule has 2 aromatic carbocycles. The highest BCUT2D eigenvalue weighted by Crippen LogP contribution is 2.35. The van der Waals surface area contributed by atoms with Gasteiger partial charge in [0.25, 0.3) is 10.0 Å². The minimum atomic E-state index is -4.69. The molecule has 1 heterocycles. The molecule has 33 heavy (non-hydrogen) atoms. The lowest BCUT2D eigenvalue weighted by Gasteiger charge is -2.24. The molecule has 3 aromatic rings. The molecule has 0 radical (unpaired) electrons. The number of hydrogen-bond acceptors (Lipinski definition) is 5. The van der Waals surface area contributed by atoms with E-state index in [1.807, 2.05) is 6.92 Å². The molecule has 0 aliphatic heterocycles. The number of carbonyl (C=O) groups excluding carboxylic acids is 1. The van der Waals surface area contributed by atoms with Gasteiger partial charge < -0.3 is 10.1 Å². The van der Waals surface area contributed by atoms with E-state index in [-0.39, 0.29) is 14.2 Å². The summed E-state index contributed by atoms with van der Waals surface area (Å²) >= 11 is 6.58. The average molecular weight is 519 g/mol. The van der Waals surface area contributed by atoms with Gasteiger partial charge in [0.15, 0.2) is 0 Å². The predicted molar refractivity (Wildman–Crippen MR) is 122 cm³/mol. The molecule has 1 aromatic heterocycles. The van der Waals surface area contributed by atoms with Crippen LogP contribution in [0.3, 0.4) is 0 Å². The Kier molecular flexibility index (Phi) is 7.55. The number of carbonyl (C=O) groups is 1. The molecule has 0 saturated heterocycles. The zero-order chi connectivity index (χ0) is 24.2. The highest BCUT2D eigenvalue weighted by atomic mass is 35.5. The van der Waals surface area contributed by atoms with Crippen LogP contribution >= 0.6 is 22.9 Å². The smallest absolute Gasteiger partial charge is 0.416 e. The van der Waals surface area contributed by atoms with Crippen molar-refractivity contribution in [2.24, 2.45) is 0 Å². The third-order valence-corrected chi connectivity index (χ3v) is 7.76. The first-order valence-corrected chi connectivity index (χ1v) is 12.1. The van der Waals surface area contributed by atoms with Crippen LogP contribution in [0.15, 0.2) is 64.9 Å². The van der Waals surface area contributed by atoms with Crippen LogP contribution in [-0.4, -0.2) is 27.5 Å². The van der Waals surface area contributed by atoms with Crippen LogP contribution in [0, 0.1) is 0 Å². The lowest BCUT2D eigenvalue weighted by molar-refractivity contribution is -0.137. The summed E-state index contributed by atoms with van der Waals surface area (Å²) in [5.41, 5.74) is -0.989. The Hall–Kier alpha value is -2.76.